The van der Waals surface area contributed by atoms with Crippen molar-refractivity contribution in [3.05, 3.63) is 11.6 Å². The lowest BCUT2D eigenvalue weighted by Crippen LogP contribution is -2.29. The van der Waals surface area contributed by atoms with Crippen LogP contribution in [0.1, 0.15) is 39.0 Å². The van der Waals surface area contributed by atoms with Crippen molar-refractivity contribution < 1.29 is 14.3 Å². The quantitative estimate of drug-likeness (QED) is 0.543. The molecule has 2 N–H and O–H groups in total. The normalized spacial score (nSPS) is 10.1. The number of nitrogens with zero attached hydrogens (tertiary/aromatic N) is 1. The lowest BCUT2D eigenvalue weighted by Gasteiger charge is -2.05. The molecule has 1 aromatic rings. The Bertz CT molecular complexity index is 396. The van der Waals surface area contributed by atoms with Gasteiger partial charge in [0.25, 0.3) is 0 Å². The van der Waals surface area contributed by atoms with Gasteiger partial charge in [-0.3, -0.25) is 10.1 Å². The van der Waals surface area contributed by atoms with Crippen molar-refractivity contribution in [1.82, 2.24) is 10.3 Å². The Kier molecular flexibility index (Phi) is 8.37. The molecule has 0 spiro atoms. The predicted octanol–water partition coefficient (Wildman–Crippen LogP) is 2.78. The Balaban J connectivity index is 1.92. The smallest absolute Gasteiger partial charge is 0.321 e. The van der Waals surface area contributed by atoms with Gasteiger partial charge in [-0.05, 0) is 19.8 Å². The van der Waals surface area contributed by atoms with Gasteiger partial charge in [0.05, 0.1) is 6.61 Å². The molecule has 0 bridgehead atoms. The first-order valence-electron chi connectivity index (χ1n) is 6.82. The molecular formula is C13H21N3O3S. The molecule has 0 aliphatic rings. The van der Waals surface area contributed by atoms with Gasteiger partial charge in [-0.1, -0.05) is 12.8 Å². The molecule has 0 unspecified atom stereocenters. The molecular weight excluding hydrogens is 278 g/mol. The number of unbranched alkanes of at least 4 members (excludes halogenated alkanes) is 3. The number of hydrogen-bond donors (Lipinski definition) is 2. The predicted molar refractivity (Wildman–Crippen MR) is 78.9 cm³/mol. The second-order valence-electron chi connectivity index (χ2n) is 4.19. The van der Waals surface area contributed by atoms with Crippen LogP contribution < -0.4 is 10.6 Å². The summed E-state index contributed by atoms with van der Waals surface area (Å²) in [6.45, 7) is 2.87. The first-order valence-corrected chi connectivity index (χ1v) is 7.70. The van der Waals surface area contributed by atoms with Crippen LogP contribution in [0.5, 0.6) is 0 Å². The zero-order valence-corrected chi connectivity index (χ0v) is 12.5. The third-order valence-electron chi connectivity index (χ3n) is 2.55. The summed E-state index contributed by atoms with van der Waals surface area (Å²) in [6.07, 6.45) is 5.80. The average Bonchev–Trinajstić information content (AvgIpc) is 2.90. The second-order valence-corrected chi connectivity index (χ2v) is 5.08. The monoisotopic (exact) mass is 299 g/mol. The van der Waals surface area contributed by atoms with E-state index in [1.807, 2.05) is 0 Å². The molecule has 0 aliphatic heterocycles. The number of esters is 1. The van der Waals surface area contributed by atoms with Crippen LogP contribution in [0, 0.1) is 0 Å². The van der Waals surface area contributed by atoms with E-state index in [0.29, 0.717) is 24.7 Å². The molecule has 20 heavy (non-hydrogen) atoms. The number of aromatic nitrogens is 1. The Morgan fingerprint density at radius 1 is 1.30 bits per heavy atom. The number of hydrogen-bond acceptors (Lipinski definition) is 5. The number of urea groups is 1. The highest BCUT2D eigenvalue weighted by Crippen LogP contribution is 2.09. The van der Waals surface area contributed by atoms with Gasteiger partial charge >= 0.3 is 12.0 Å². The Hall–Kier alpha value is -1.63. The molecule has 2 amide bonds. The molecule has 0 aromatic carbocycles. The molecule has 0 radical (unpaired) electrons. The van der Waals surface area contributed by atoms with E-state index in [0.717, 1.165) is 25.7 Å². The molecule has 0 saturated heterocycles. The molecule has 0 saturated carbocycles. The van der Waals surface area contributed by atoms with E-state index in [2.05, 4.69) is 15.6 Å². The highest BCUT2D eigenvalue weighted by molar-refractivity contribution is 7.13. The van der Waals surface area contributed by atoms with Crippen LogP contribution in [0.2, 0.25) is 0 Å². The number of anilines is 1. The van der Waals surface area contributed by atoms with Crippen LogP contribution in [0.25, 0.3) is 0 Å². The van der Waals surface area contributed by atoms with Gasteiger partial charge in [-0.15, -0.1) is 11.3 Å². The minimum atomic E-state index is -0.230. The van der Waals surface area contributed by atoms with Gasteiger partial charge in [-0.2, -0.15) is 0 Å². The summed E-state index contributed by atoms with van der Waals surface area (Å²) in [5.74, 6) is -0.131. The summed E-state index contributed by atoms with van der Waals surface area (Å²) in [6, 6.07) is -0.230. The zero-order chi connectivity index (χ0) is 14.6. The first-order chi connectivity index (χ1) is 9.72. The number of amides is 2. The molecule has 1 rings (SSSR count). The van der Waals surface area contributed by atoms with E-state index in [1.165, 1.54) is 11.3 Å². The minimum Gasteiger partial charge on any atom is -0.466 e. The lowest BCUT2D eigenvalue weighted by molar-refractivity contribution is -0.143. The van der Waals surface area contributed by atoms with Gasteiger partial charge in [0.15, 0.2) is 5.13 Å². The molecule has 1 heterocycles. The zero-order valence-electron chi connectivity index (χ0n) is 11.7. The van der Waals surface area contributed by atoms with Gasteiger partial charge in [0.2, 0.25) is 0 Å². The van der Waals surface area contributed by atoms with Crippen LogP contribution in [0.4, 0.5) is 9.93 Å². The summed E-state index contributed by atoms with van der Waals surface area (Å²) in [5, 5.41) is 7.81. The molecule has 1 aromatic heterocycles. The molecule has 112 valence electrons. The van der Waals surface area contributed by atoms with E-state index in [9.17, 15) is 9.59 Å². The van der Waals surface area contributed by atoms with Crippen molar-refractivity contribution in [3.63, 3.8) is 0 Å². The summed E-state index contributed by atoms with van der Waals surface area (Å²) in [7, 11) is 0. The van der Waals surface area contributed by atoms with Crippen LogP contribution >= 0.6 is 11.3 Å². The van der Waals surface area contributed by atoms with Crippen molar-refractivity contribution in [1.29, 1.82) is 0 Å². The number of carbonyl (C=O) groups is 2. The fraction of sp³-hybridized carbons (Fsp3) is 0.615. The summed E-state index contributed by atoms with van der Waals surface area (Å²) in [4.78, 5) is 26.5. The summed E-state index contributed by atoms with van der Waals surface area (Å²) >= 11 is 1.38. The maximum absolute atomic E-state index is 11.4. The second kappa shape index (κ2) is 10.2. The third kappa shape index (κ3) is 7.73. The van der Waals surface area contributed by atoms with E-state index in [1.54, 1.807) is 18.5 Å². The lowest BCUT2D eigenvalue weighted by atomic mass is 10.1. The number of rotatable bonds is 9. The fourth-order valence-corrected chi connectivity index (χ4v) is 2.13. The highest BCUT2D eigenvalue weighted by atomic mass is 32.1. The number of ether oxygens (including phenoxy) is 1. The topological polar surface area (TPSA) is 80.3 Å². The number of thiazole rings is 1. The van der Waals surface area contributed by atoms with E-state index >= 15 is 0 Å². The van der Waals surface area contributed by atoms with E-state index in [-0.39, 0.29) is 12.0 Å². The third-order valence-corrected chi connectivity index (χ3v) is 3.24. The van der Waals surface area contributed by atoms with E-state index < -0.39 is 0 Å². The van der Waals surface area contributed by atoms with Gasteiger partial charge in [0, 0.05) is 24.5 Å². The summed E-state index contributed by atoms with van der Waals surface area (Å²) in [5.41, 5.74) is 0. The van der Waals surface area contributed by atoms with Crippen LogP contribution in [-0.2, 0) is 9.53 Å². The highest BCUT2D eigenvalue weighted by Gasteiger charge is 2.03. The molecule has 0 atom stereocenters. The largest absolute Gasteiger partial charge is 0.466 e. The maximum Gasteiger partial charge on any atom is 0.321 e. The Morgan fingerprint density at radius 3 is 2.80 bits per heavy atom. The van der Waals surface area contributed by atoms with Gasteiger partial charge < -0.3 is 10.1 Å². The van der Waals surface area contributed by atoms with Gasteiger partial charge in [0.1, 0.15) is 0 Å². The molecule has 7 heteroatoms. The number of carbonyl (C=O) groups excluding carboxylic acids is 2. The summed E-state index contributed by atoms with van der Waals surface area (Å²) < 4.78 is 4.84. The maximum atomic E-state index is 11.4. The van der Waals surface area contributed by atoms with Crippen molar-refractivity contribution >= 4 is 28.5 Å². The molecule has 0 aliphatic carbocycles. The van der Waals surface area contributed by atoms with Crippen molar-refractivity contribution in [2.45, 2.75) is 39.0 Å². The SMILES string of the molecule is CCOC(=O)CCCCCCNC(=O)Nc1nccs1. The van der Waals surface area contributed by atoms with Crippen LogP contribution in [-0.4, -0.2) is 30.1 Å². The number of nitrogens with one attached hydrogen (secondary N) is 2. The van der Waals surface area contributed by atoms with Gasteiger partial charge in [-0.25, -0.2) is 9.78 Å². The Morgan fingerprint density at radius 2 is 2.10 bits per heavy atom. The molecule has 0 fully saturated rings. The van der Waals surface area contributed by atoms with E-state index in [4.69, 9.17) is 4.74 Å². The minimum absolute atomic E-state index is 0.131. The fourth-order valence-electron chi connectivity index (χ4n) is 1.61. The first kappa shape index (κ1) is 16.4. The molecule has 6 nitrogen and oxygen atoms in total. The standard InChI is InChI=1S/C13H21N3O3S/c1-2-19-11(17)7-5-3-4-6-8-14-12(18)16-13-15-9-10-20-13/h9-10H,2-8H2,1H3,(H2,14,15,16,18). The van der Waals surface area contributed by atoms with Crippen molar-refractivity contribution in [3.8, 4) is 0 Å². The van der Waals surface area contributed by atoms with Crippen molar-refractivity contribution in [2.24, 2.45) is 0 Å². The van der Waals surface area contributed by atoms with Crippen molar-refractivity contribution in [2.75, 3.05) is 18.5 Å². The van der Waals surface area contributed by atoms with Crippen LogP contribution in [0.15, 0.2) is 11.6 Å². The average molecular weight is 299 g/mol. The van der Waals surface area contributed by atoms with Crippen LogP contribution in [0.3, 0.4) is 0 Å². The Labute approximate surface area is 122 Å².